The molecule has 3 amide bonds. The molecule has 1 heterocycles. The first-order valence-electron chi connectivity index (χ1n) is 12.3. The van der Waals surface area contributed by atoms with Crippen molar-refractivity contribution >= 4 is 35.0 Å². The van der Waals surface area contributed by atoms with Gasteiger partial charge in [-0.2, -0.15) is 0 Å². The monoisotopic (exact) mass is 547 g/mol. The zero-order valence-electron chi connectivity index (χ0n) is 22.4. The highest BCUT2D eigenvalue weighted by Crippen LogP contribution is 2.29. The summed E-state index contributed by atoms with van der Waals surface area (Å²) in [5.74, 6) is -2.16. The Bertz CT molecular complexity index is 1080. The van der Waals surface area contributed by atoms with Crippen LogP contribution in [0.2, 0.25) is 0 Å². The highest BCUT2D eigenvalue weighted by atomic mass is 32.1. The predicted octanol–water partition coefficient (Wildman–Crippen LogP) is 1.47. The number of thiazole rings is 1. The SMILES string of the molecule is CNCC(=O)NCC(=O)N(C)C(CC(OC)c1nc(C(=O)NC(Cc2ccccc2)C(=O)O)cs1)C(C)C. The van der Waals surface area contributed by atoms with Crippen molar-refractivity contribution < 1.29 is 29.0 Å². The van der Waals surface area contributed by atoms with Crippen molar-refractivity contribution in [1.29, 1.82) is 0 Å². The van der Waals surface area contributed by atoms with Crippen LogP contribution < -0.4 is 16.0 Å². The van der Waals surface area contributed by atoms with Crippen LogP contribution in [0.15, 0.2) is 35.7 Å². The number of ether oxygens (including phenoxy) is 1. The van der Waals surface area contributed by atoms with Gasteiger partial charge in [0.2, 0.25) is 11.8 Å². The number of amides is 3. The molecule has 2 rings (SSSR count). The smallest absolute Gasteiger partial charge is 0.326 e. The minimum absolute atomic E-state index is 0.0756. The molecule has 38 heavy (non-hydrogen) atoms. The number of nitrogens with one attached hydrogen (secondary N) is 3. The number of hydrogen-bond acceptors (Lipinski definition) is 8. The quantitative estimate of drug-likeness (QED) is 0.262. The minimum Gasteiger partial charge on any atom is -0.480 e. The Kier molecular flexibility index (Phi) is 12.3. The molecule has 0 saturated carbocycles. The van der Waals surface area contributed by atoms with Crippen molar-refractivity contribution in [3.63, 3.8) is 0 Å². The van der Waals surface area contributed by atoms with Gasteiger partial charge in [-0.1, -0.05) is 44.2 Å². The summed E-state index contributed by atoms with van der Waals surface area (Å²) in [5, 5.41) is 19.6. The van der Waals surface area contributed by atoms with Crippen LogP contribution in [0.5, 0.6) is 0 Å². The molecule has 1 aromatic heterocycles. The maximum atomic E-state index is 12.8. The van der Waals surface area contributed by atoms with E-state index in [0.29, 0.717) is 11.4 Å². The number of carboxylic acid groups (broad SMARTS) is 1. The van der Waals surface area contributed by atoms with Crippen LogP contribution in [0.1, 0.15) is 47.4 Å². The van der Waals surface area contributed by atoms with E-state index >= 15 is 0 Å². The summed E-state index contributed by atoms with van der Waals surface area (Å²) in [6, 6.07) is 7.72. The summed E-state index contributed by atoms with van der Waals surface area (Å²) < 4.78 is 5.67. The number of methoxy groups -OCH3 is 1. The number of rotatable bonds is 15. The molecule has 11 nitrogen and oxygen atoms in total. The van der Waals surface area contributed by atoms with E-state index in [0.717, 1.165) is 5.56 Å². The molecule has 3 unspecified atom stereocenters. The van der Waals surface area contributed by atoms with Gasteiger partial charge in [-0.3, -0.25) is 14.4 Å². The summed E-state index contributed by atoms with van der Waals surface area (Å²) in [6.07, 6.45) is 0.0646. The van der Waals surface area contributed by atoms with Crippen molar-refractivity contribution in [2.24, 2.45) is 5.92 Å². The van der Waals surface area contributed by atoms with Crippen LogP contribution in [0.3, 0.4) is 0 Å². The molecule has 0 spiro atoms. The van der Waals surface area contributed by atoms with E-state index < -0.39 is 24.0 Å². The molecule has 0 bridgehead atoms. The average Bonchev–Trinajstić information content (AvgIpc) is 3.38. The molecule has 0 aliphatic rings. The first-order valence-corrected chi connectivity index (χ1v) is 13.2. The Balaban J connectivity index is 2.07. The fraction of sp³-hybridized carbons (Fsp3) is 0.500. The second-order valence-electron chi connectivity index (χ2n) is 9.21. The van der Waals surface area contributed by atoms with Crippen molar-refractivity contribution in [2.75, 3.05) is 34.3 Å². The first kappa shape index (κ1) is 30.9. The molecule has 3 atom stereocenters. The van der Waals surface area contributed by atoms with E-state index in [1.54, 1.807) is 36.5 Å². The largest absolute Gasteiger partial charge is 0.480 e. The summed E-state index contributed by atoms with van der Waals surface area (Å²) in [5.41, 5.74) is 0.891. The number of nitrogens with zero attached hydrogens (tertiary/aromatic N) is 2. The maximum absolute atomic E-state index is 12.8. The number of carbonyl (C=O) groups is 4. The number of aliphatic carboxylic acids is 1. The van der Waals surface area contributed by atoms with Crippen LogP contribution in [-0.2, 0) is 25.5 Å². The third-order valence-electron chi connectivity index (χ3n) is 6.09. The Morgan fingerprint density at radius 1 is 1.13 bits per heavy atom. The fourth-order valence-electron chi connectivity index (χ4n) is 3.92. The molecule has 1 aromatic carbocycles. The van der Waals surface area contributed by atoms with Crippen LogP contribution in [0.25, 0.3) is 0 Å². The lowest BCUT2D eigenvalue weighted by molar-refractivity contribution is -0.139. The van der Waals surface area contributed by atoms with Crippen LogP contribution in [0, 0.1) is 5.92 Å². The van der Waals surface area contributed by atoms with Gasteiger partial charge in [-0.05, 0) is 18.5 Å². The zero-order chi connectivity index (χ0) is 28.2. The normalized spacial score (nSPS) is 13.4. The van der Waals surface area contributed by atoms with E-state index in [-0.39, 0.29) is 49.0 Å². The van der Waals surface area contributed by atoms with Gasteiger partial charge in [0.1, 0.15) is 22.8 Å². The van der Waals surface area contributed by atoms with Gasteiger partial charge in [-0.15, -0.1) is 11.3 Å². The summed E-state index contributed by atoms with van der Waals surface area (Å²) in [7, 11) is 4.86. The second kappa shape index (κ2) is 15.2. The molecule has 0 aliphatic carbocycles. The van der Waals surface area contributed by atoms with Crippen molar-refractivity contribution in [1.82, 2.24) is 25.8 Å². The number of benzene rings is 1. The minimum atomic E-state index is -1.14. The van der Waals surface area contributed by atoms with E-state index in [1.165, 1.54) is 18.4 Å². The standard InChI is InChI=1S/C26H37N5O6S/c1-16(2)20(31(4)23(33)14-28-22(32)13-27-3)12-21(37-5)25-30-19(15-38-25)24(34)29-18(26(35)36)11-17-9-7-6-8-10-17/h6-10,15-16,18,20-21,27H,11-14H2,1-5H3,(H,28,32)(H,29,34)(H,35,36). The third kappa shape index (κ3) is 9.19. The average molecular weight is 548 g/mol. The fourth-order valence-corrected chi connectivity index (χ4v) is 4.81. The van der Waals surface area contributed by atoms with Crippen LogP contribution in [-0.4, -0.2) is 85.1 Å². The Labute approximate surface area is 227 Å². The first-order chi connectivity index (χ1) is 18.1. The van der Waals surface area contributed by atoms with Gasteiger partial charge in [0.15, 0.2) is 0 Å². The van der Waals surface area contributed by atoms with E-state index in [1.807, 2.05) is 32.0 Å². The van der Waals surface area contributed by atoms with Crippen LogP contribution in [0.4, 0.5) is 0 Å². The van der Waals surface area contributed by atoms with E-state index in [9.17, 15) is 24.3 Å². The lowest BCUT2D eigenvalue weighted by Crippen LogP contribution is -2.47. The molecule has 0 radical (unpaired) electrons. The molecule has 208 valence electrons. The molecular formula is C26H37N5O6S. The Morgan fingerprint density at radius 2 is 1.82 bits per heavy atom. The van der Waals surface area contributed by atoms with E-state index in [4.69, 9.17) is 4.74 Å². The van der Waals surface area contributed by atoms with Gasteiger partial charge in [-0.25, -0.2) is 9.78 Å². The maximum Gasteiger partial charge on any atom is 0.326 e. The second-order valence-corrected chi connectivity index (χ2v) is 10.1. The van der Waals surface area contributed by atoms with Crippen molar-refractivity contribution in [2.45, 2.75) is 44.9 Å². The molecule has 0 aliphatic heterocycles. The predicted molar refractivity (Wildman–Crippen MR) is 144 cm³/mol. The Hall–Kier alpha value is -3.35. The van der Waals surface area contributed by atoms with Gasteiger partial charge < -0.3 is 30.7 Å². The van der Waals surface area contributed by atoms with Gasteiger partial charge in [0, 0.05) is 38.4 Å². The molecular weight excluding hydrogens is 510 g/mol. The highest BCUT2D eigenvalue weighted by Gasteiger charge is 2.29. The lowest BCUT2D eigenvalue weighted by Gasteiger charge is -2.33. The van der Waals surface area contributed by atoms with Crippen LogP contribution >= 0.6 is 11.3 Å². The van der Waals surface area contributed by atoms with Crippen molar-refractivity contribution in [3.05, 3.63) is 52.0 Å². The molecule has 0 fully saturated rings. The summed E-state index contributed by atoms with van der Waals surface area (Å²) in [4.78, 5) is 55.0. The molecule has 2 aromatic rings. The number of carboxylic acids is 1. The highest BCUT2D eigenvalue weighted by molar-refractivity contribution is 7.09. The van der Waals surface area contributed by atoms with Crippen molar-refractivity contribution in [3.8, 4) is 0 Å². The number of aromatic nitrogens is 1. The third-order valence-corrected chi connectivity index (χ3v) is 7.03. The topological polar surface area (TPSA) is 150 Å². The Morgan fingerprint density at radius 3 is 2.39 bits per heavy atom. The van der Waals surface area contributed by atoms with Gasteiger partial charge >= 0.3 is 5.97 Å². The molecule has 12 heteroatoms. The number of likely N-dealkylation sites (N-methyl/N-ethyl adjacent to an activating group) is 2. The number of hydrogen-bond donors (Lipinski definition) is 4. The molecule has 0 saturated heterocycles. The van der Waals surface area contributed by atoms with Gasteiger partial charge in [0.25, 0.3) is 5.91 Å². The van der Waals surface area contributed by atoms with Gasteiger partial charge in [0.05, 0.1) is 13.1 Å². The lowest BCUT2D eigenvalue weighted by atomic mass is 9.96. The number of carbonyl (C=O) groups excluding carboxylic acids is 3. The summed E-state index contributed by atoms with van der Waals surface area (Å²) >= 11 is 1.23. The molecule has 4 N–H and O–H groups in total. The summed E-state index contributed by atoms with van der Waals surface area (Å²) in [6.45, 7) is 3.98. The van der Waals surface area contributed by atoms with E-state index in [2.05, 4.69) is 20.9 Å². The zero-order valence-corrected chi connectivity index (χ0v) is 23.2.